The fourth-order valence-electron chi connectivity index (χ4n) is 1.37. The molecule has 0 aliphatic rings. The van der Waals surface area contributed by atoms with Gasteiger partial charge in [0.2, 0.25) is 7.37 Å². The lowest BCUT2D eigenvalue weighted by Gasteiger charge is -2.30. The average Bonchev–Trinajstić information content (AvgIpc) is 1.87. The number of nitrogens with zero attached hydrogens (tertiary/aromatic N) is 1. The molecule has 0 saturated carbocycles. The van der Waals surface area contributed by atoms with E-state index in [-0.39, 0.29) is 0 Å². The Bertz CT molecular complexity index is 91.8. The molecule has 0 radical (unpaired) electrons. The van der Waals surface area contributed by atoms with Crippen LogP contribution in [-0.2, 0) is 0 Å². The summed E-state index contributed by atoms with van der Waals surface area (Å²) in [6, 6.07) is 1.17. The number of rotatable bonds is 5. The first-order valence-corrected chi connectivity index (χ1v) is 4.46. The summed E-state index contributed by atoms with van der Waals surface area (Å²) in [6.45, 7) is 8.77. The van der Waals surface area contributed by atoms with Gasteiger partial charge in [-0.2, -0.15) is 0 Å². The Morgan fingerprint density at radius 3 is 1.82 bits per heavy atom. The standard InChI is InChI=1S/C6H18B3NO/c1-5(2)10(6(3)4)8-7-9-11/h5-9,11H,1-4H3. The minimum absolute atomic E-state index is 0.302. The van der Waals surface area contributed by atoms with Crippen molar-refractivity contribution in [3.63, 3.8) is 0 Å². The summed E-state index contributed by atoms with van der Waals surface area (Å²) in [5, 5.41) is 8.65. The highest BCUT2D eigenvalue weighted by molar-refractivity contribution is 7.26. The molecule has 11 heavy (non-hydrogen) atoms. The third kappa shape index (κ3) is 4.54. The minimum Gasteiger partial charge on any atom is -0.464 e. The quantitative estimate of drug-likeness (QED) is 0.515. The topological polar surface area (TPSA) is 23.5 Å². The van der Waals surface area contributed by atoms with Crippen LogP contribution < -0.4 is 0 Å². The average molecular weight is 153 g/mol. The number of hydrogen-bond acceptors (Lipinski definition) is 2. The highest BCUT2D eigenvalue weighted by atomic mass is 16.2. The molecular formula is C6H18B3NO. The van der Waals surface area contributed by atoms with Gasteiger partial charge in [-0.1, -0.05) is 27.7 Å². The van der Waals surface area contributed by atoms with Gasteiger partial charge in [-0.25, -0.2) is 0 Å². The molecular weight excluding hydrogens is 135 g/mol. The zero-order valence-corrected chi connectivity index (χ0v) is 8.17. The molecule has 0 aliphatic heterocycles. The molecule has 0 heterocycles. The lowest BCUT2D eigenvalue weighted by Crippen LogP contribution is -2.43. The van der Waals surface area contributed by atoms with E-state index in [1.807, 2.05) is 0 Å². The summed E-state index contributed by atoms with van der Waals surface area (Å²) in [4.78, 5) is 2.39. The van der Waals surface area contributed by atoms with Gasteiger partial charge in [0.25, 0.3) is 0 Å². The van der Waals surface area contributed by atoms with Gasteiger partial charge in [0, 0.05) is 0 Å². The van der Waals surface area contributed by atoms with Crippen molar-refractivity contribution in [3.05, 3.63) is 0 Å². The maximum Gasteiger partial charge on any atom is 0.223 e. The molecule has 0 aromatic rings. The second-order valence-corrected chi connectivity index (χ2v) is 3.50. The Balaban J connectivity index is 3.70. The van der Waals surface area contributed by atoms with Crippen LogP contribution in [0.5, 0.6) is 0 Å². The molecule has 0 saturated heterocycles. The molecule has 62 valence electrons. The van der Waals surface area contributed by atoms with Crippen molar-refractivity contribution in [2.45, 2.75) is 39.8 Å². The van der Waals surface area contributed by atoms with Crippen LogP contribution in [0, 0.1) is 0 Å². The first-order valence-electron chi connectivity index (χ1n) is 4.46. The Labute approximate surface area is 72.1 Å². The van der Waals surface area contributed by atoms with Gasteiger partial charge < -0.3 is 9.83 Å². The van der Waals surface area contributed by atoms with Crippen molar-refractivity contribution in [3.8, 4) is 0 Å². The molecule has 2 nitrogen and oxygen atoms in total. The molecule has 0 aromatic carbocycles. The summed E-state index contributed by atoms with van der Waals surface area (Å²) in [6.07, 6.45) is 0. The fraction of sp³-hybridized carbons (Fsp3) is 1.00. The normalized spacial score (nSPS) is 10.9. The van der Waals surface area contributed by atoms with E-state index in [2.05, 4.69) is 32.5 Å². The molecule has 1 N–H and O–H groups in total. The molecule has 0 fully saturated rings. The van der Waals surface area contributed by atoms with E-state index in [0.29, 0.717) is 19.5 Å². The van der Waals surface area contributed by atoms with E-state index < -0.39 is 0 Å². The highest BCUT2D eigenvalue weighted by Gasteiger charge is 2.13. The summed E-state index contributed by atoms with van der Waals surface area (Å²) in [5.74, 6) is 0. The molecule has 0 aromatic heterocycles. The highest BCUT2D eigenvalue weighted by Crippen LogP contribution is 2.00. The first kappa shape index (κ1) is 11.1. The molecule has 0 bridgehead atoms. The largest absolute Gasteiger partial charge is 0.464 e. The van der Waals surface area contributed by atoms with Crippen molar-refractivity contribution in [1.29, 1.82) is 0 Å². The van der Waals surface area contributed by atoms with Crippen molar-refractivity contribution < 1.29 is 5.02 Å². The van der Waals surface area contributed by atoms with Gasteiger partial charge in [-0.05, 0) is 12.1 Å². The third-order valence-corrected chi connectivity index (χ3v) is 1.90. The Kier molecular flexibility index (Phi) is 5.79. The van der Waals surface area contributed by atoms with E-state index in [1.54, 1.807) is 0 Å². The number of hydrogen-bond donors (Lipinski definition) is 1. The Morgan fingerprint density at radius 1 is 1.09 bits per heavy atom. The van der Waals surface area contributed by atoms with Crippen molar-refractivity contribution >= 4 is 21.7 Å². The van der Waals surface area contributed by atoms with Gasteiger partial charge >= 0.3 is 0 Å². The molecule has 0 amide bonds. The molecule has 0 atom stereocenters. The monoisotopic (exact) mass is 153 g/mol. The lowest BCUT2D eigenvalue weighted by atomic mass is 9.29. The zero-order chi connectivity index (χ0) is 8.85. The van der Waals surface area contributed by atoms with Crippen LogP contribution >= 0.6 is 0 Å². The van der Waals surface area contributed by atoms with E-state index in [1.165, 1.54) is 0 Å². The predicted octanol–water partition coefficient (Wildman–Crippen LogP) is -0.933. The van der Waals surface area contributed by atoms with Gasteiger partial charge in [-0.15, -0.1) is 0 Å². The minimum atomic E-state index is 0.302. The van der Waals surface area contributed by atoms with Crippen LogP contribution in [0.15, 0.2) is 0 Å². The summed E-state index contributed by atoms with van der Waals surface area (Å²) < 4.78 is 0. The smallest absolute Gasteiger partial charge is 0.223 e. The predicted molar refractivity (Wildman–Crippen MR) is 55.8 cm³/mol. The lowest BCUT2D eigenvalue weighted by molar-refractivity contribution is 0.317. The van der Waals surface area contributed by atoms with E-state index >= 15 is 0 Å². The van der Waals surface area contributed by atoms with Crippen LogP contribution in [0.4, 0.5) is 0 Å². The first-order chi connectivity index (χ1) is 5.09. The second kappa shape index (κ2) is 5.73. The maximum atomic E-state index is 8.65. The molecule has 0 aliphatic carbocycles. The van der Waals surface area contributed by atoms with Crippen LogP contribution in [-0.4, -0.2) is 43.7 Å². The summed E-state index contributed by atoms with van der Waals surface area (Å²) in [5.41, 5.74) is 0. The second-order valence-electron chi connectivity index (χ2n) is 3.50. The summed E-state index contributed by atoms with van der Waals surface area (Å²) in [7, 11) is 2.19. The fourth-order valence-corrected chi connectivity index (χ4v) is 1.37. The van der Waals surface area contributed by atoms with Crippen molar-refractivity contribution in [2.24, 2.45) is 0 Å². The van der Waals surface area contributed by atoms with Gasteiger partial charge in [0.15, 0.2) is 7.31 Å². The van der Waals surface area contributed by atoms with Crippen molar-refractivity contribution in [1.82, 2.24) is 4.81 Å². The third-order valence-electron chi connectivity index (χ3n) is 1.90. The van der Waals surface area contributed by atoms with Crippen LogP contribution in [0.3, 0.4) is 0 Å². The molecule has 0 rings (SSSR count). The van der Waals surface area contributed by atoms with Gasteiger partial charge in [-0.3, -0.25) is 0 Å². The van der Waals surface area contributed by atoms with Gasteiger partial charge in [0.05, 0.1) is 0 Å². The Morgan fingerprint density at radius 2 is 1.55 bits per heavy atom. The van der Waals surface area contributed by atoms with Crippen LogP contribution in [0.2, 0.25) is 0 Å². The van der Waals surface area contributed by atoms with E-state index in [4.69, 9.17) is 5.02 Å². The molecule has 0 spiro atoms. The van der Waals surface area contributed by atoms with Crippen molar-refractivity contribution in [2.75, 3.05) is 0 Å². The summed E-state index contributed by atoms with van der Waals surface area (Å²) >= 11 is 0. The van der Waals surface area contributed by atoms with Crippen LogP contribution in [0.1, 0.15) is 27.7 Å². The SMILES string of the molecule is CC(C)N(BBBO)C(C)C. The zero-order valence-electron chi connectivity index (χ0n) is 8.17. The van der Waals surface area contributed by atoms with Gasteiger partial charge in [0.1, 0.15) is 7.06 Å². The molecule has 0 unspecified atom stereocenters. The van der Waals surface area contributed by atoms with E-state index in [9.17, 15) is 0 Å². The molecule has 5 heteroatoms. The van der Waals surface area contributed by atoms with E-state index in [0.717, 1.165) is 14.4 Å². The Hall–Kier alpha value is 0.115. The maximum absolute atomic E-state index is 8.65. The van der Waals surface area contributed by atoms with Crippen LogP contribution in [0.25, 0.3) is 0 Å².